The van der Waals surface area contributed by atoms with Crippen molar-refractivity contribution in [2.45, 2.75) is 31.3 Å². The Kier molecular flexibility index (Phi) is 4.86. The van der Waals surface area contributed by atoms with Crippen molar-refractivity contribution in [3.05, 3.63) is 59.0 Å². The minimum absolute atomic E-state index is 0.0903. The second-order valence-electron chi connectivity index (χ2n) is 8.23. The van der Waals surface area contributed by atoms with Crippen molar-refractivity contribution in [1.29, 1.82) is 0 Å². The number of benzene rings is 2. The second kappa shape index (κ2) is 7.70. The number of aromatic nitrogens is 2. The number of aromatic amines is 1. The molecule has 0 spiro atoms. The highest BCUT2D eigenvalue weighted by Gasteiger charge is 2.46. The van der Waals surface area contributed by atoms with Crippen LogP contribution < -0.4 is 20.2 Å². The van der Waals surface area contributed by atoms with Crippen LogP contribution >= 0.6 is 0 Å². The molecule has 2 N–H and O–H groups in total. The van der Waals surface area contributed by atoms with Gasteiger partial charge in [-0.25, -0.2) is 9.69 Å². The molecule has 2 aromatic carbocycles. The van der Waals surface area contributed by atoms with E-state index in [1.54, 1.807) is 31.4 Å². The minimum Gasteiger partial charge on any atom is -0.497 e. The summed E-state index contributed by atoms with van der Waals surface area (Å²) in [5.41, 5.74) is 2.25. The number of likely N-dealkylation sites (tertiary alicyclic amines) is 1. The maximum atomic E-state index is 13.1. The Hall–Kier alpha value is -3.39. The Morgan fingerprint density at radius 3 is 2.42 bits per heavy atom. The van der Waals surface area contributed by atoms with Crippen LogP contribution in [0.5, 0.6) is 5.75 Å². The van der Waals surface area contributed by atoms with Gasteiger partial charge in [0.15, 0.2) is 6.04 Å². The Balaban J connectivity index is 1.30. The fraction of sp³-hybridized carbons (Fsp3) is 0.348. The lowest BCUT2D eigenvalue weighted by molar-refractivity contribution is -0.920. The fourth-order valence-electron chi connectivity index (χ4n) is 4.97. The number of methoxy groups -OCH3 is 1. The summed E-state index contributed by atoms with van der Waals surface area (Å²) in [6, 6.07) is 14.4. The van der Waals surface area contributed by atoms with E-state index in [-0.39, 0.29) is 36.0 Å². The summed E-state index contributed by atoms with van der Waals surface area (Å²) in [6.07, 6.45) is 1.80. The number of imide groups is 1. The quantitative estimate of drug-likeness (QED) is 0.613. The van der Waals surface area contributed by atoms with Crippen molar-refractivity contribution >= 4 is 28.5 Å². The predicted octanol–water partition coefficient (Wildman–Crippen LogP) is 0.890. The summed E-state index contributed by atoms with van der Waals surface area (Å²) in [5.74, 6) is 0.370. The number of hydrogen-bond acceptors (Lipinski definition) is 4. The molecule has 0 aliphatic carbocycles. The monoisotopic (exact) mass is 421 g/mol. The normalized spacial score (nSPS) is 24.2. The van der Waals surface area contributed by atoms with E-state index >= 15 is 0 Å². The van der Waals surface area contributed by atoms with Crippen LogP contribution in [0.25, 0.3) is 11.0 Å². The van der Waals surface area contributed by atoms with E-state index < -0.39 is 0 Å². The van der Waals surface area contributed by atoms with E-state index in [0.717, 1.165) is 41.9 Å². The molecule has 2 fully saturated rings. The van der Waals surface area contributed by atoms with Crippen LogP contribution in [0.1, 0.15) is 25.3 Å². The highest BCUT2D eigenvalue weighted by atomic mass is 16.5. The number of nitrogens with one attached hydrogen (secondary N) is 2. The third-order valence-corrected chi connectivity index (χ3v) is 6.56. The van der Waals surface area contributed by atoms with E-state index in [4.69, 9.17) is 4.74 Å². The van der Waals surface area contributed by atoms with Gasteiger partial charge in [0.1, 0.15) is 5.75 Å². The Labute approximate surface area is 179 Å². The third-order valence-electron chi connectivity index (χ3n) is 6.56. The molecule has 3 heterocycles. The molecule has 160 valence electrons. The lowest BCUT2D eigenvalue weighted by Crippen LogP contribution is -3.17. The van der Waals surface area contributed by atoms with E-state index in [1.165, 1.54) is 4.90 Å². The summed E-state index contributed by atoms with van der Waals surface area (Å²) in [6.45, 7) is 1.49. The number of carbonyl (C=O) groups is 2. The number of piperidine rings is 1. The highest BCUT2D eigenvalue weighted by Crippen LogP contribution is 2.26. The van der Waals surface area contributed by atoms with Crippen LogP contribution in [0.4, 0.5) is 5.69 Å². The third kappa shape index (κ3) is 3.33. The maximum absolute atomic E-state index is 13.1. The zero-order valence-corrected chi connectivity index (χ0v) is 17.3. The van der Waals surface area contributed by atoms with Crippen LogP contribution in [-0.4, -0.2) is 47.6 Å². The summed E-state index contributed by atoms with van der Waals surface area (Å²) in [4.78, 5) is 43.6. The van der Waals surface area contributed by atoms with Crippen LogP contribution in [0.15, 0.2) is 53.3 Å². The van der Waals surface area contributed by atoms with Gasteiger partial charge in [-0.1, -0.05) is 12.1 Å². The number of hydrogen-bond donors (Lipinski definition) is 2. The number of ether oxygens (including phenoxy) is 1. The molecule has 8 nitrogen and oxygen atoms in total. The lowest BCUT2D eigenvalue weighted by atomic mass is 10.0. The Morgan fingerprint density at radius 1 is 1.00 bits per heavy atom. The van der Waals surface area contributed by atoms with E-state index in [9.17, 15) is 14.4 Å². The van der Waals surface area contributed by atoms with Crippen molar-refractivity contribution in [2.75, 3.05) is 25.1 Å². The van der Waals surface area contributed by atoms with Crippen LogP contribution in [-0.2, 0) is 9.59 Å². The molecular weight excluding hydrogens is 396 g/mol. The van der Waals surface area contributed by atoms with E-state index in [2.05, 4.69) is 4.98 Å². The zero-order chi connectivity index (χ0) is 21.5. The fourth-order valence-corrected chi connectivity index (χ4v) is 4.97. The summed E-state index contributed by atoms with van der Waals surface area (Å²) >= 11 is 0. The number of para-hydroxylation sites is 2. The largest absolute Gasteiger partial charge is 0.497 e. The number of imidazole rings is 1. The van der Waals surface area contributed by atoms with Gasteiger partial charge in [0.05, 0.1) is 43.3 Å². The number of fused-ring (bicyclic) bond motifs is 1. The molecular formula is C23H25N4O4+. The molecule has 1 aromatic heterocycles. The Bertz CT molecular complexity index is 1190. The first-order chi connectivity index (χ1) is 15.1. The number of rotatable bonds is 4. The summed E-state index contributed by atoms with van der Waals surface area (Å²) in [7, 11) is 1.58. The number of amides is 2. The van der Waals surface area contributed by atoms with Gasteiger partial charge in [-0.05, 0) is 36.4 Å². The number of carbonyl (C=O) groups excluding carboxylic acids is 2. The molecule has 5 rings (SSSR count). The van der Waals surface area contributed by atoms with E-state index in [0.29, 0.717) is 11.4 Å². The smallest absolute Gasteiger partial charge is 0.326 e. The molecule has 3 aromatic rings. The highest BCUT2D eigenvalue weighted by molar-refractivity contribution is 6.21. The molecule has 0 unspecified atom stereocenters. The molecule has 0 bridgehead atoms. The van der Waals surface area contributed by atoms with Crippen molar-refractivity contribution in [1.82, 2.24) is 9.55 Å². The van der Waals surface area contributed by atoms with Gasteiger partial charge in [0.2, 0.25) is 5.91 Å². The maximum Gasteiger partial charge on any atom is 0.326 e. The number of anilines is 1. The van der Waals surface area contributed by atoms with Gasteiger partial charge in [-0.15, -0.1) is 0 Å². The molecule has 8 heteroatoms. The molecule has 2 saturated heterocycles. The standard InChI is InChI=1S/C23H24N4O4/c1-31-17-8-6-15(7-9-17)27-21(28)14-20(22(27)29)25-12-10-16(11-13-25)26-19-5-3-2-4-18(19)24-23(26)30/h2-9,16,20H,10-14H2,1H3,(H,24,30)/p+1/t20-/m0/s1. The first-order valence-electron chi connectivity index (χ1n) is 10.6. The molecule has 0 radical (unpaired) electrons. The molecule has 1 atom stereocenters. The summed E-state index contributed by atoms with van der Waals surface area (Å²) < 4.78 is 7.00. The Morgan fingerprint density at radius 2 is 1.71 bits per heavy atom. The molecule has 0 saturated carbocycles. The van der Waals surface area contributed by atoms with Gasteiger partial charge in [0.25, 0.3) is 5.91 Å². The van der Waals surface area contributed by atoms with Gasteiger partial charge in [-0.3, -0.25) is 14.2 Å². The van der Waals surface area contributed by atoms with Gasteiger partial charge >= 0.3 is 5.69 Å². The van der Waals surface area contributed by atoms with Crippen molar-refractivity contribution in [3.63, 3.8) is 0 Å². The van der Waals surface area contributed by atoms with Gasteiger partial charge in [0, 0.05) is 18.9 Å². The van der Waals surface area contributed by atoms with Crippen LogP contribution in [0, 0.1) is 0 Å². The summed E-state index contributed by atoms with van der Waals surface area (Å²) in [5, 5.41) is 0. The number of H-pyrrole nitrogens is 1. The SMILES string of the molecule is COc1ccc(N2C(=O)C[C@H]([NH+]3CCC(n4c(=O)[nH]c5ccccc54)CC3)C2=O)cc1. The van der Waals surface area contributed by atoms with E-state index in [1.807, 2.05) is 28.8 Å². The minimum atomic E-state index is -0.366. The molecule has 2 aliphatic rings. The lowest BCUT2D eigenvalue weighted by Gasteiger charge is -2.32. The number of nitrogens with zero attached hydrogens (tertiary/aromatic N) is 2. The van der Waals surface area contributed by atoms with Crippen molar-refractivity contribution < 1.29 is 19.2 Å². The van der Waals surface area contributed by atoms with Gasteiger partial charge in [-0.2, -0.15) is 0 Å². The molecule has 2 aliphatic heterocycles. The average molecular weight is 421 g/mol. The first-order valence-corrected chi connectivity index (χ1v) is 10.6. The van der Waals surface area contributed by atoms with Crippen molar-refractivity contribution in [3.8, 4) is 5.75 Å². The van der Waals surface area contributed by atoms with Crippen LogP contribution in [0.3, 0.4) is 0 Å². The second-order valence-corrected chi connectivity index (χ2v) is 8.23. The number of quaternary nitrogens is 1. The topological polar surface area (TPSA) is 88.8 Å². The molecule has 31 heavy (non-hydrogen) atoms. The van der Waals surface area contributed by atoms with Gasteiger partial charge < -0.3 is 14.6 Å². The zero-order valence-electron chi connectivity index (χ0n) is 17.3. The predicted molar refractivity (Wildman–Crippen MR) is 115 cm³/mol. The van der Waals surface area contributed by atoms with Crippen molar-refractivity contribution in [2.24, 2.45) is 0 Å². The average Bonchev–Trinajstić information content (AvgIpc) is 3.29. The molecule has 2 amide bonds. The van der Waals surface area contributed by atoms with Crippen LogP contribution in [0.2, 0.25) is 0 Å². The first kappa shape index (κ1) is 19.6.